The van der Waals surface area contributed by atoms with Gasteiger partial charge in [0.25, 0.3) is 5.91 Å². The van der Waals surface area contributed by atoms with Gasteiger partial charge in [-0.05, 0) is 71.2 Å². The van der Waals surface area contributed by atoms with Crippen LogP contribution in [0, 0.1) is 11.3 Å². The van der Waals surface area contributed by atoms with Gasteiger partial charge in [-0.25, -0.2) is 5.43 Å². The van der Waals surface area contributed by atoms with Crippen molar-refractivity contribution < 1.29 is 14.3 Å². The minimum Gasteiger partial charge on any atom is -0.493 e. The Morgan fingerprint density at radius 2 is 1.89 bits per heavy atom. The number of rotatable bonds is 8. The first-order valence-electron chi connectivity index (χ1n) is 11.3. The number of anilines is 1. The number of carbonyl (C=O) groups is 1. The molecule has 1 aliphatic heterocycles. The van der Waals surface area contributed by atoms with Crippen LogP contribution >= 0.6 is 15.9 Å². The van der Waals surface area contributed by atoms with Crippen LogP contribution in [0.5, 0.6) is 11.5 Å². The normalized spacial score (nSPS) is 13.0. The fourth-order valence-corrected chi connectivity index (χ4v) is 4.28. The maximum Gasteiger partial charge on any atom is 0.271 e. The number of methoxy groups -OCH3 is 1. The van der Waals surface area contributed by atoms with E-state index in [1.54, 1.807) is 25.3 Å². The van der Waals surface area contributed by atoms with Crippen LogP contribution in [0.15, 0.2) is 70.2 Å². The highest BCUT2D eigenvalue weighted by Crippen LogP contribution is 2.33. The second-order valence-electron chi connectivity index (χ2n) is 8.02. The Labute approximate surface area is 213 Å². The van der Waals surface area contributed by atoms with Gasteiger partial charge in [0.2, 0.25) is 0 Å². The van der Waals surface area contributed by atoms with E-state index in [2.05, 4.69) is 37.4 Å². The molecule has 178 valence electrons. The van der Waals surface area contributed by atoms with Crippen molar-refractivity contribution in [1.29, 1.82) is 5.26 Å². The first-order chi connectivity index (χ1) is 17.1. The predicted molar refractivity (Wildman–Crippen MR) is 139 cm³/mol. The molecule has 1 aliphatic rings. The molecule has 0 radical (unpaired) electrons. The average molecular weight is 533 g/mol. The molecule has 0 unspecified atom stereocenters. The lowest BCUT2D eigenvalue weighted by Crippen LogP contribution is -2.19. The number of amides is 1. The molecule has 35 heavy (non-hydrogen) atoms. The Morgan fingerprint density at radius 1 is 1.14 bits per heavy atom. The molecule has 8 heteroatoms. The van der Waals surface area contributed by atoms with Gasteiger partial charge < -0.3 is 14.4 Å². The van der Waals surface area contributed by atoms with Crippen molar-refractivity contribution in [2.75, 3.05) is 25.1 Å². The van der Waals surface area contributed by atoms with Gasteiger partial charge in [-0.1, -0.05) is 18.2 Å². The second-order valence-corrected chi connectivity index (χ2v) is 8.88. The predicted octanol–water partition coefficient (Wildman–Crippen LogP) is 5.27. The summed E-state index contributed by atoms with van der Waals surface area (Å²) in [6.07, 6.45) is 3.96. The number of ether oxygens (including phenoxy) is 2. The third kappa shape index (κ3) is 6.00. The van der Waals surface area contributed by atoms with E-state index < -0.39 is 0 Å². The maximum atomic E-state index is 12.5. The minimum absolute atomic E-state index is 0.229. The lowest BCUT2D eigenvalue weighted by Gasteiger charge is -2.17. The summed E-state index contributed by atoms with van der Waals surface area (Å²) in [6.45, 7) is 2.35. The number of hydrogen-bond donors (Lipinski definition) is 1. The number of nitrogens with one attached hydrogen (secondary N) is 1. The lowest BCUT2D eigenvalue weighted by molar-refractivity contribution is 0.0955. The van der Waals surface area contributed by atoms with Gasteiger partial charge in [-0.3, -0.25) is 4.79 Å². The van der Waals surface area contributed by atoms with Crippen molar-refractivity contribution in [2.45, 2.75) is 19.4 Å². The monoisotopic (exact) mass is 532 g/mol. The van der Waals surface area contributed by atoms with E-state index in [0.29, 0.717) is 28.2 Å². The van der Waals surface area contributed by atoms with E-state index in [9.17, 15) is 10.1 Å². The number of hydrazone groups is 1. The van der Waals surface area contributed by atoms with E-state index in [1.165, 1.54) is 19.1 Å². The Balaban J connectivity index is 1.40. The van der Waals surface area contributed by atoms with E-state index in [-0.39, 0.29) is 12.5 Å². The zero-order valence-corrected chi connectivity index (χ0v) is 20.9. The van der Waals surface area contributed by atoms with Crippen molar-refractivity contribution in [3.63, 3.8) is 0 Å². The summed E-state index contributed by atoms with van der Waals surface area (Å²) >= 11 is 3.52. The minimum atomic E-state index is -0.284. The first-order valence-corrected chi connectivity index (χ1v) is 12.0. The van der Waals surface area contributed by atoms with Gasteiger partial charge in [0.1, 0.15) is 6.61 Å². The molecule has 4 rings (SSSR count). The first kappa shape index (κ1) is 24.3. The van der Waals surface area contributed by atoms with Crippen LogP contribution < -0.4 is 19.8 Å². The van der Waals surface area contributed by atoms with Crippen LogP contribution in [0.4, 0.5) is 5.69 Å². The van der Waals surface area contributed by atoms with E-state index >= 15 is 0 Å². The van der Waals surface area contributed by atoms with E-state index in [0.717, 1.165) is 28.8 Å². The highest BCUT2D eigenvalue weighted by atomic mass is 79.9. The Morgan fingerprint density at radius 3 is 2.60 bits per heavy atom. The van der Waals surface area contributed by atoms with Gasteiger partial charge in [0, 0.05) is 39.9 Å². The SMILES string of the molecule is COc1cc(/C=N\NC(=O)c2ccc(N3CCCC3)cc2)c(Br)cc1OCc1ccccc1C#N. The molecule has 1 heterocycles. The largest absolute Gasteiger partial charge is 0.493 e. The topological polar surface area (TPSA) is 86.9 Å². The third-order valence-corrected chi connectivity index (χ3v) is 6.46. The summed E-state index contributed by atoms with van der Waals surface area (Å²) in [7, 11) is 1.55. The molecule has 1 saturated heterocycles. The van der Waals surface area contributed by atoms with Gasteiger partial charge in [-0.2, -0.15) is 10.4 Å². The Bertz CT molecular complexity index is 1260. The fourth-order valence-electron chi connectivity index (χ4n) is 3.86. The molecule has 0 bridgehead atoms. The van der Waals surface area contributed by atoms with Crippen molar-refractivity contribution >= 4 is 33.7 Å². The number of carbonyl (C=O) groups excluding carboxylic acids is 1. The number of nitrogens with zero attached hydrogens (tertiary/aromatic N) is 3. The standard InChI is InChI=1S/C27H25BrN4O3/c1-34-25-14-22(24(28)15-26(25)35-18-21-7-3-2-6-20(21)16-29)17-30-31-27(33)19-8-10-23(11-9-19)32-12-4-5-13-32/h2-3,6-11,14-15,17H,4-5,12-13,18H2,1H3,(H,31,33)/b30-17-. The summed E-state index contributed by atoms with van der Waals surface area (Å²) in [5.74, 6) is 0.743. The van der Waals surface area contributed by atoms with Gasteiger partial charge in [0.05, 0.1) is 25.0 Å². The Hall–Kier alpha value is -3.83. The number of halogens is 1. The summed E-state index contributed by atoms with van der Waals surface area (Å²) < 4.78 is 12.1. The molecule has 0 atom stereocenters. The fraction of sp³-hybridized carbons (Fsp3) is 0.222. The number of nitriles is 1. The number of hydrogen-bond acceptors (Lipinski definition) is 6. The van der Waals surface area contributed by atoms with Crippen LogP contribution in [0.25, 0.3) is 0 Å². The average Bonchev–Trinajstić information content (AvgIpc) is 3.44. The molecule has 3 aromatic rings. The third-order valence-electron chi connectivity index (χ3n) is 5.77. The highest BCUT2D eigenvalue weighted by molar-refractivity contribution is 9.10. The van der Waals surface area contributed by atoms with Crippen LogP contribution in [-0.2, 0) is 6.61 Å². The number of benzene rings is 3. The molecule has 1 amide bonds. The van der Waals surface area contributed by atoms with E-state index in [1.807, 2.05) is 42.5 Å². The van der Waals surface area contributed by atoms with Gasteiger partial charge >= 0.3 is 0 Å². The highest BCUT2D eigenvalue weighted by Gasteiger charge is 2.14. The molecular weight excluding hydrogens is 508 g/mol. The zero-order valence-electron chi connectivity index (χ0n) is 19.3. The molecule has 0 aliphatic carbocycles. The van der Waals surface area contributed by atoms with E-state index in [4.69, 9.17) is 9.47 Å². The molecule has 1 fully saturated rings. The zero-order chi connectivity index (χ0) is 24.6. The van der Waals surface area contributed by atoms with Gasteiger partial charge in [0.15, 0.2) is 11.5 Å². The van der Waals surface area contributed by atoms with Crippen molar-refractivity contribution in [1.82, 2.24) is 5.43 Å². The van der Waals surface area contributed by atoms with Crippen molar-refractivity contribution in [3.05, 3.63) is 87.4 Å². The molecule has 0 spiro atoms. The summed E-state index contributed by atoms with van der Waals surface area (Å²) in [6, 6.07) is 20.5. The molecule has 0 saturated carbocycles. The summed E-state index contributed by atoms with van der Waals surface area (Å²) in [4.78, 5) is 14.8. The molecule has 0 aromatic heterocycles. The lowest BCUT2D eigenvalue weighted by atomic mass is 10.1. The summed E-state index contributed by atoms with van der Waals surface area (Å²) in [5, 5.41) is 13.4. The van der Waals surface area contributed by atoms with Crippen molar-refractivity contribution in [3.8, 4) is 17.6 Å². The quantitative estimate of drug-likeness (QED) is 0.315. The van der Waals surface area contributed by atoms with Crippen molar-refractivity contribution in [2.24, 2.45) is 5.10 Å². The maximum absolute atomic E-state index is 12.5. The Kier molecular flexibility index (Phi) is 8.01. The van der Waals surface area contributed by atoms with Crippen LogP contribution in [0.1, 0.15) is 39.9 Å². The van der Waals surface area contributed by atoms with Crippen LogP contribution in [-0.4, -0.2) is 32.3 Å². The smallest absolute Gasteiger partial charge is 0.271 e. The molecule has 1 N–H and O–H groups in total. The van der Waals surface area contributed by atoms with Crippen LogP contribution in [0.3, 0.4) is 0 Å². The molecular formula is C27H25BrN4O3. The molecule has 7 nitrogen and oxygen atoms in total. The molecule has 3 aromatic carbocycles. The second kappa shape index (κ2) is 11.5. The summed E-state index contributed by atoms with van der Waals surface area (Å²) in [5.41, 5.74) is 6.31. The van der Waals surface area contributed by atoms with Gasteiger partial charge in [-0.15, -0.1) is 0 Å². The van der Waals surface area contributed by atoms with Crippen LogP contribution in [0.2, 0.25) is 0 Å².